The van der Waals surface area contributed by atoms with Gasteiger partial charge in [-0.2, -0.15) is 0 Å². The SMILES string of the molecule is CC(C)c1ccc(CC(N)c2ccco2)cc1. The summed E-state index contributed by atoms with van der Waals surface area (Å²) in [6, 6.07) is 12.4. The summed E-state index contributed by atoms with van der Waals surface area (Å²) in [6.45, 7) is 4.40. The molecule has 2 N–H and O–H groups in total. The minimum atomic E-state index is -0.0603. The Labute approximate surface area is 102 Å². The van der Waals surface area contributed by atoms with E-state index in [1.165, 1.54) is 11.1 Å². The van der Waals surface area contributed by atoms with Crippen molar-refractivity contribution in [1.82, 2.24) is 0 Å². The van der Waals surface area contributed by atoms with E-state index in [-0.39, 0.29) is 6.04 Å². The molecule has 1 atom stereocenters. The molecule has 0 saturated carbocycles. The van der Waals surface area contributed by atoms with Crippen LogP contribution >= 0.6 is 0 Å². The Hall–Kier alpha value is -1.54. The lowest BCUT2D eigenvalue weighted by Gasteiger charge is -2.10. The van der Waals surface area contributed by atoms with Gasteiger partial charge in [-0.25, -0.2) is 0 Å². The molecule has 2 rings (SSSR count). The molecule has 0 bridgehead atoms. The third-order valence-electron chi connectivity index (χ3n) is 3.01. The van der Waals surface area contributed by atoms with E-state index >= 15 is 0 Å². The van der Waals surface area contributed by atoms with Gasteiger partial charge in [0.15, 0.2) is 0 Å². The van der Waals surface area contributed by atoms with Crippen LogP contribution in [0.5, 0.6) is 0 Å². The first-order chi connectivity index (χ1) is 8.16. The quantitative estimate of drug-likeness (QED) is 0.869. The van der Waals surface area contributed by atoms with Crippen molar-refractivity contribution in [2.45, 2.75) is 32.2 Å². The molecular weight excluding hydrogens is 210 g/mol. The fraction of sp³-hybridized carbons (Fsp3) is 0.333. The molecule has 0 aliphatic heterocycles. The fourth-order valence-electron chi connectivity index (χ4n) is 1.90. The second-order valence-electron chi connectivity index (χ2n) is 4.72. The summed E-state index contributed by atoms with van der Waals surface area (Å²) in [7, 11) is 0. The Morgan fingerprint density at radius 1 is 1.12 bits per heavy atom. The number of furan rings is 1. The van der Waals surface area contributed by atoms with Crippen LogP contribution in [0.25, 0.3) is 0 Å². The molecule has 90 valence electrons. The third kappa shape index (κ3) is 2.98. The maximum absolute atomic E-state index is 6.08. The van der Waals surface area contributed by atoms with Gasteiger partial charge in [-0.15, -0.1) is 0 Å². The molecular formula is C15H19NO. The lowest BCUT2D eigenvalue weighted by atomic mass is 9.99. The predicted octanol–water partition coefficient (Wildman–Crippen LogP) is 3.65. The van der Waals surface area contributed by atoms with Crippen molar-refractivity contribution in [3.8, 4) is 0 Å². The van der Waals surface area contributed by atoms with Gasteiger partial charge >= 0.3 is 0 Å². The molecule has 0 radical (unpaired) electrons. The Kier molecular flexibility index (Phi) is 3.64. The number of rotatable bonds is 4. The summed E-state index contributed by atoms with van der Waals surface area (Å²) < 4.78 is 5.30. The molecule has 0 aliphatic rings. The minimum Gasteiger partial charge on any atom is -0.468 e. The van der Waals surface area contributed by atoms with E-state index < -0.39 is 0 Å². The highest BCUT2D eigenvalue weighted by Gasteiger charge is 2.09. The zero-order chi connectivity index (χ0) is 12.3. The summed E-state index contributed by atoms with van der Waals surface area (Å²) in [5.41, 5.74) is 8.69. The van der Waals surface area contributed by atoms with E-state index in [1.54, 1.807) is 6.26 Å². The molecule has 1 aromatic heterocycles. The van der Waals surface area contributed by atoms with Gasteiger partial charge in [-0.05, 0) is 35.6 Å². The topological polar surface area (TPSA) is 39.2 Å². The van der Waals surface area contributed by atoms with Gasteiger partial charge in [0.2, 0.25) is 0 Å². The van der Waals surface area contributed by atoms with Gasteiger partial charge in [0.25, 0.3) is 0 Å². The average Bonchev–Trinajstić information content (AvgIpc) is 2.83. The van der Waals surface area contributed by atoms with E-state index in [2.05, 4.69) is 38.1 Å². The Morgan fingerprint density at radius 2 is 1.82 bits per heavy atom. The monoisotopic (exact) mass is 229 g/mol. The summed E-state index contributed by atoms with van der Waals surface area (Å²) in [6.07, 6.45) is 2.48. The van der Waals surface area contributed by atoms with Crippen LogP contribution in [0.3, 0.4) is 0 Å². The van der Waals surface area contributed by atoms with Crippen LogP contribution in [0.15, 0.2) is 47.1 Å². The Bertz CT molecular complexity index is 442. The van der Waals surface area contributed by atoms with Crippen LogP contribution in [-0.2, 0) is 6.42 Å². The Morgan fingerprint density at radius 3 is 2.35 bits per heavy atom. The standard InChI is InChI=1S/C15H19NO/c1-11(2)13-7-5-12(6-8-13)10-14(16)15-4-3-9-17-15/h3-9,11,14H,10,16H2,1-2H3. The number of nitrogens with two attached hydrogens (primary N) is 1. The first-order valence-electron chi connectivity index (χ1n) is 6.04. The lowest BCUT2D eigenvalue weighted by Crippen LogP contribution is -2.12. The van der Waals surface area contributed by atoms with Crippen LogP contribution in [0.2, 0.25) is 0 Å². The molecule has 0 amide bonds. The molecule has 0 aliphatic carbocycles. The maximum atomic E-state index is 6.08. The smallest absolute Gasteiger partial charge is 0.120 e. The molecule has 17 heavy (non-hydrogen) atoms. The van der Waals surface area contributed by atoms with Crippen molar-refractivity contribution < 1.29 is 4.42 Å². The number of hydrogen-bond donors (Lipinski definition) is 1. The van der Waals surface area contributed by atoms with E-state index in [1.807, 2.05) is 12.1 Å². The van der Waals surface area contributed by atoms with E-state index in [0.717, 1.165) is 12.2 Å². The summed E-state index contributed by atoms with van der Waals surface area (Å²) >= 11 is 0. The molecule has 2 heteroatoms. The van der Waals surface area contributed by atoms with E-state index in [4.69, 9.17) is 10.2 Å². The molecule has 0 fully saturated rings. The first kappa shape index (κ1) is 11.9. The van der Waals surface area contributed by atoms with Crippen LogP contribution in [0.1, 0.15) is 42.7 Å². The lowest BCUT2D eigenvalue weighted by molar-refractivity contribution is 0.464. The van der Waals surface area contributed by atoms with Gasteiger partial charge < -0.3 is 10.2 Å². The zero-order valence-electron chi connectivity index (χ0n) is 10.4. The second kappa shape index (κ2) is 5.19. The van der Waals surface area contributed by atoms with Crippen molar-refractivity contribution in [3.05, 3.63) is 59.5 Å². The first-order valence-corrected chi connectivity index (χ1v) is 6.04. The van der Waals surface area contributed by atoms with Gasteiger partial charge in [0, 0.05) is 0 Å². The summed E-state index contributed by atoms with van der Waals surface area (Å²) in [4.78, 5) is 0. The van der Waals surface area contributed by atoms with Crippen molar-refractivity contribution in [3.63, 3.8) is 0 Å². The maximum Gasteiger partial charge on any atom is 0.120 e. The van der Waals surface area contributed by atoms with Crippen molar-refractivity contribution in [2.24, 2.45) is 5.73 Å². The highest BCUT2D eigenvalue weighted by molar-refractivity contribution is 5.26. The number of benzene rings is 1. The third-order valence-corrected chi connectivity index (χ3v) is 3.01. The molecule has 0 spiro atoms. The van der Waals surface area contributed by atoms with Crippen LogP contribution in [0, 0.1) is 0 Å². The largest absolute Gasteiger partial charge is 0.468 e. The molecule has 1 aromatic carbocycles. The van der Waals surface area contributed by atoms with Gasteiger partial charge in [0.1, 0.15) is 5.76 Å². The van der Waals surface area contributed by atoms with Crippen molar-refractivity contribution in [1.29, 1.82) is 0 Å². The average molecular weight is 229 g/mol. The predicted molar refractivity (Wildman–Crippen MR) is 69.9 cm³/mol. The van der Waals surface area contributed by atoms with Crippen LogP contribution < -0.4 is 5.73 Å². The minimum absolute atomic E-state index is 0.0603. The molecule has 1 unspecified atom stereocenters. The fourth-order valence-corrected chi connectivity index (χ4v) is 1.90. The van der Waals surface area contributed by atoms with E-state index in [0.29, 0.717) is 5.92 Å². The molecule has 1 heterocycles. The summed E-state index contributed by atoms with van der Waals surface area (Å²) in [5, 5.41) is 0. The second-order valence-corrected chi connectivity index (χ2v) is 4.72. The zero-order valence-corrected chi connectivity index (χ0v) is 10.4. The number of hydrogen-bond acceptors (Lipinski definition) is 2. The van der Waals surface area contributed by atoms with Crippen LogP contribution in [0.4, 0.5) is 0 Å². The molecule has 0 saturated heterocycles. The van der Waals surface area contributed by atoms with Crippen molar-refractivity contribution in [2.75, 3.05) is 0 Å². The van der Waals surface area contributed by atoms with Crippen molar-refractivity contribution >= 4 is 0 Å². The normalized spacial score (nSPS) is 12.9. The highest BCUT2D eigenvalue weighted by Crippen LogP contribution is 2.19. The van der Waals surface area contributed by atoms with Crippen LogP contribution in [-0.4, -0.2) is 0 Å². The van der Waals surface area contributed by atoms with E-state index in [9.17, 15) is 0 Å². The van der Waals surface area contributed by atoms with Gasteiger partial charge in [-0.1, -0.05) is 38.1 Å². The molecule has 2 aromatic rings. The highest BCUT2D eigenvalue weighted by atomic mass is 16.3. The Balaban J connectivity index is 2.04. The van der Waals surface area contributed by atoms with Gasteiger partial charge in [0.05, 0.1) is 12.3 Å². The van der Waals surface area contributed by atoms with Gasteiger partial charge in [-0.3, -0.25) is 0 Å². The molecule has 2 nitrogen and oxygen atoms in total. The summed E-state index contributed by atoms with van der Waals surface area (Å²) in [5.74, 6) is 1.42.